The summed E-state index contributed by atoms with van der Waals surface area (Å²) in [4.78, 5) is 44.7. The van der Waals surface area contributed by atoms with Gasteiger partial charge in [0.15, 0.2) is 0 Å². The number of piperidine rings is 1. The van der Waals surface area contributed by atoms with E-state index >= 15 is 0 Å². The van der Waals surface area contributed by atoms with Crippen LogP contribution >= 0.6 is 11.6 Å². The maximum Gasteiger partial charge on any atom is 0.245 e. The number of rotatable bonds is 9. The lowest BCUT2D eigenvalue weighted by Gasteiger charge is -2.51. The first-order valence-corrected chi connectivity index (χ1v) is 17.4. The lowest BCUT2D eigenvalue weighted by molar-refractivity contribution is -0.142. The van der Waals surface area contributed by atoms with Crippen molar-refractivity contribution in [3.8, 4) is 0 Å². The molecule has 3 amide bonds. The number of carbonyl (C=O) groups is 3. The van der Waals surface area contributed by atoms with E-state index in [4.69, 9.17) is 17.3 Å². The second-order valence-electron chi connectivity index (χ2n) is 14.0. The summed E-state index contributed by atoms with van der Waals surface area (Å²) >= 11 is 6.16. The molecule has 0 bridgehead atoms. The van der Waals surface area contributed by atoms with Crippen molar-refractivity contribution in [3.05, 3.63) is 70.2 Å². The molecule has 3 N–H and O–H groups in total. The Morgan fingerprint density at radius 3 is 2.31 bits per heavy atom. The third-order valence-corrected chi connectivity index (χ3v) is 11.2. The number of carbonyl (C=O) groups excluding carboxylic acids is 3. The van der Waals surface area contributed by atoms with Crippen molar-refractivity contribution in [1.82, 2.24) is 15.1 Å². The third kappa shape index (κ3) is 7.74. The topological polar surface area (TPSA) is 95.7 Å². The van der Waals surface area contributed by atoms with Crippen LogP contribution in [-0.2, 0) is 27.2 Å². The molecule has 1 saturated carbocycles. The molecule has 1 heterocycles. The number of halogens is 1. The van der Waals surface area contributed by atoms with Gasteiger partial charge in [-0.05, 0) is 92.5 Å². The lowest BCUT2D eigenvalue weighted by Crippen LogP contribution is -2.57. The molecule has 244 valence electrons. The van der Waals surface area contributed by atoms with Gasteiger partial charge in [-0.2, -0.15) is 0 Å². The molecule has 2 unspecified atom stereocenters. The van der Waals surface area contributed by atoms with Crippen LogP contribution in [0.3, 0.4) is 0 Å². The molecule has 45 heavy (non-hydrogen) atoms. The number of nitrogens with two attached hydrogens (primary N) is 1. The molecule has 3 atom stereocenters. The first-order valence-electron chi connectivity index (χ1n) is 17.0. The molecule has 3 aliphatic rings. The molecule has 2 aromatic carbocycles. The van der Waals surface area contributed by atoms with Gasteiger partial charge in [0.25, 0.3) is 0 Å². The second-order valence-corrected chi connectivity index (χ2v) is 14.5. The Morgan fingerprint density at radius 1 is 1.00 bits per heavy atom. The molecule has 0 aromatic heterocycles. The van der Waals surface area contributed by atoms with E-state index in [1.54, 1.807) is 6.92 Å². The van der Waals surface area contributed by atoms with Crippen molar-refractivity contribution in [2.24, 2.45) is 23.0 Å². The van der Waals surface area contributed by atoms with E-state index < -0.39 is 18.0 Å². The smallest absolute Gasteiger partial charge is 0.245 e. The molecule has 7 nitrogen and oxygen atoms in total. The number of amides is 3. The van der Waals surface area contributed by atoms with Crippen LogP contribution in [0, 0.1) is 17.3 Å². The quantitative estimate of drug-likeness (QED) is 0.350. The number of hydrogen-bond donors (Lipinski definition) is 2. The van der Waals surface area contributed by atoms with E-state index in [1.807, 2.05) is 52.3 Å². The fourth-order valence-electron chi connectivity index (χ4n) is 8.22. The molecule has 1 saturated heterocycles. The van der Waals surface area contributed by atoms with Crippen molar-refractivity contribution in [3.63, 3.8) is 0 Å². The minimum Gasteiger partial charge on any atom is -0.344 e. The van der Waals surface area contributed by atoms with Crippen LogP contribution in [0.15, 0.2) is 48.5 Å². The highest BCUT2D eigenvalue weighted by Gasteiger charge is 2.45. The second kappa shape index (κ2) is 14.7. The van der Waals surface area contributed by atoms with Gasteiger partial charge in [-0.1, -0.05) is 67.3 Å². The van der Waals surface area contributed by atoms with Crippen molar-refractivity contribution >= 4 is 29.3 Å². The maximum atomic E-state index is 14.3. The number of aryl methyl sites for hydroxylation is 1. The SMILES string of the molecule is CC(=O)N(CC1(C2CCCCC2)CCN(C(=O)[C@@H](Cc2ccc(Cl)cc2)NC(=O)C2CCc3ccccc3C2N)CC1)C(C)C. The predicted molar refractivity (Wildman–Crippen MR) is 180 cm³/mol. The van der Waals surface area contributed by atoms with Crippen LogP contribution in [0.1, 0.15) is 94.9 Å². The van der Waals surface area contributed by atoms with Crippen LogP contribution in [0.4, 0.5) is 0 Å². The highest BCUT2D eigenvalue weighted by Crippen LogP contribution is 2.47. The number of nitrogens with zero attached hydrogens (tertiary/aromatic N) is 2. The molecule has 2 aromatic rings. The Hall–Kier alpha value is -2.90. The van der Waals surface area contributed by atoms with E-state index in [1.165, 1.54) is 37.7 Å². The van der Waals surface area contributed by atoms with Gasteiger partial charge in [-0.15, -0.1) is 0 Å². The Balaban J connectivity index is 1.33. The van der Waals surface area contributed by atoms with E-state index in [2.05, 4.69) is 25.2 Å². The number of likely N-dealkylation sites (tertiary alicyclic amines) is 1. The fraction of sp³-hybridized carbons (Fsp3) is 0.595. The molecule has 2 fully saturated rings. The summed E-state index contributed by atoms with van der Waals surface area (Å²) in [6.07, 6.45) is 9.70. The van der Waals surface area contributed by atoms with Gasteiger partial charge >= 0.3 is 0 Å². The third-order valence-electron chi connectivity index (χ3n) is 10.9. The van der Waals surface area contributed by atoms with Crippen LogP contribution < -0.4 is 11.1 Å². The normalized spacial score (nSPS) is 22.4. The first-order chi connectivity index (χ1) is 21.6. The van der Waals surface area contributed by atoms with Crippen molar-refractivity contribution in [2.45, 2.75) is 103 Å². The minimum atomic E-state index is -0.699. The Labute approximate surface area is 274 Å². The van der Waals surface area contributed by atoms with Gasteiger partial charge in [0, 0.05) is 50.1 Å². The zero-order valence-electron chi connectivity index (χ0n) is 27.3. The Kier molecular flexibility index (Phi) is 10.9. The van der Waals surface area contributed by atoms with Gasteiger partial charge in [0.2, 0.25) is 17.7 Å². The highest BCUT2D eigenvalue weighted by molar-refractivity contribution is 6.30. The average Bonchev–Trinajstić information content (AvgIpc) is 3.04. The maximum absolute atomic E-state index is 14.3. The number of nitrogens with one attached hydrogen (secondary N) is 1. The van der Waals surface area contributed by atoms with Gasteiger partial charge in [0.1, 0.15) is 6.04 Å². The van der Waals surface area contributed by atoms with Crippen molar-refractivity contribution in [1.29, 1.82) is 0 Å². The molecule has 5 rings (SSSR count). The molecular formula is C37H51ClN4O3. The fourth-order valence-corrected chi connectivity index (χ4v) is 8.35. The van der Waals surface area contributed by atoms with Crippen LogP contribution in [0.2, 0.25) is 5.02 Å². The molecule has 0 spiro atoms. The zero-order valence-corrected chi connectivity index (χ0v) is 28.0. The predicted octanol–water partition coefficient (Wildman–Crippen LogP) is 6.08. The Bertz CT molecular complexity index is 1330. The Morgan fingerprint density at radius 2 is 1.67 bits per heavy atom. The molecule has 0 radical (unpaired) electrons. The lowest BCUT2D eigenvalue weighted by atomic mass is 9.63. The summed E-state index contributed by atoms with van der Waals surface area (Å²) in [5.41, 5.74) is 9.79. The van der Waals surface area contributed by atoms with Crippen LogP contribution in [0.25, 0.3) is 0 Å². The number of benzene rings is 2. The summed E-state index contributed by atoms with van der Waals surface area (Å²) < 4.78 is 0. The summed E-state index contributed by atoms with van der Waals surface area (Å²) in [6, 6.07) is 14.6. The standard InChI is InChI=1S/C37H51ClN4O3/c1-25(2)42(26(3)43)24-37(29-10-5-4-6-11-29)19-21-41(22-20-37)36(45)33(23-27-13-16-30(38)17-14-27)40-35(44)32-18-15-28-9-7-8-12-31(28)34(32)39/h7-9,12-14,16-17,25,29,32-34H,4-6,10-11,15,18-24,39H2,1-3H3,(H,40,44)/t32?,33-,34?/m1/s1. The number of fused-ring (bicyclic) bond motifs is 1. The van der Waals surface area contributed by atoms with Gasteiger partial charge < -0.3 is 20.9 Å². The largest absolute Gasteiger partial charge is 0.344 e. The van der Waals surface area contributed by atoms with Crippen LogP contribution in [0.5, 0.6) is 0 Å². The van der Waals surface area contributed by atoms with E-state index in [0.717, 1.165) is 36.9 Å². The van der Waals surface area contributed by atoms with Gasteiger partial charge in [-0.3, -0.25) is 14.4 Å². The summed E-state index contributed by atoms with van der Waals surface area (Å²) in [6.45, 7) is 7.86. The first kappa shape index (κ1) is 33.5. The van der Waals surface area contributed by atoms with Crippen molar-refractivity contribution in [2.75, 3.05) is 19.6 Å². The molecular weight excluding hydrogens is 584 g/mol. The minimum absolute atomic E-state index is 0.00429. The van der Waals surface area contributed by atoms with Crippen molar-refractivity contribution < 1.29 is 14.4 Å². The van der Waals surface area contributed by atoms with E-state index in [0.29, 0.717) is 36.9 Å². The zero-order chi connectivity index (χ0) is 32.1. The molecule has 8 heteroatoms. The molecule has 1 aliphatic heterocycles. The number of hydrogen-bond acceptors (Lipinski definition) is 4. The van der Waals surface area contributed by atoms with E-state index in [-0.39, 0.29) is 29.2 Å². The summed E-state index contributed by atoms with van der Waals surface area (Å²) in [7, 11) is 0. The highest BCUT2D eigenvalue weighted by atomic mass is 35.5. The van der Waals surface area contributed by atoms with Crippen LogP contribution in [-0.4, -0.2) is 59.2 Å². The van der Waals surface area contributed by atoms with Gasteiger partial charge in [-0.25, -0.2) is 0 Å². The molecule has 2 aliphatic carbocycles. The summed E-state index contributed by atoms with van der Waals surface area (Å²) in [5.74, 6) is 0.0751. The van der Waals surface area contributed by atoms with Gasteiger partial charge in [0.05, 0.1) is 5.92 Å². The monoisotopic (exact) mass is 634 g/mol. The van der Waals surface area contributed by atoms with E-state index in [9.17, 15) is 14.4 Å². The average molecular weight is 635 g/mol. The summed E-state index contributed by atoms with van der Waals surface area (Å²) in [5, 5.41) is 3.79.